The minimum atomic E-state index is -5.01. The topological polar surface area (TPSA) is 237 Å². The van der Waals surface area contributed by atoms with Gasteiger partial charge in [0, 0.05) is 25.7 Å². The third-order valence-electron chi connectivity index (χ3n) is 16.5. The van der Waals surface area contributed by atoms with E-state index in [2.05, 4.69) is 174 Å². The van der Waals surface area contributed by atoms with Crippen LogP contribution in [0.2, 0.25) is 0 Å². The maximum Gasteiger partial charge on any atom is 0.472 e. The lowest BCUT2D eigenvalue weighted by molar-refractivity contribution is -0.161. The smallest absolute Gasteiger partial charge is 0.462 e. The lowest BCUT2D eigenvalue weighted by atomic mass is 10.0. The number of aliphatic hydroxyl groups is 1. The zero-order valence-electron chi connectivity index (χ0n) is 66.1. The Kier molecular flexibility index (Phi) is 73.9. The maximum atomic E-state index is 13.1. The molecule has 0 amide bonds. The largest absolute Gasteiger partial charge is 0.472 e. The van der Waals surface area contributed by atoms with E-state index in [0.29, 0.717) is 32.1 Å². The van der Waals surface area contributed by atoms with Crippen molar-refractivity contribution in [2.75, 3.05) is 39.6 Å². The van der Waals surface area contributed by atoms with Gasteiger partial charge in [-0.1, -0.05) is 301 Å². The number of rotatable bonds is 75. The molecule has 0 aromatic heterocycles. The molecule has 0 saturated heterocycles. The van der Waals surface area contributed by atoms with E-state index in [9.17, 15) is 43.2 Å². The Morgan fingerprint density at radius 1 is 0.274 bits per heavy atom. The summed E-state index contributed by atoms with van der Waals surface area (Å²) in [7, 11) is -10.0. The molecule has 17 nitrogen and oxygen atoms in total. The Labute approximate surface area is 642 Å². The van der Waals surface area contributed by atoms with Crippen molar-refractivity contribution in [2.45, 2.75) is 329 Å². The number of unbranched alkanes of at least 4 members (excludes halogenated alkanes) is 23. The van der Waals surface area contributed by atoms with Gasteiger partial charge in [0.2, 0.25) is 0 Å². The molecule has 0 rings (SSSR count). The highest BCUT2D eigenvalue weighted by molar-refractivity contribution is 7.47. The Hall–Kier alpha value is -5.32. The van der Waals surface area contributed by atoms with Crippen molar-refractivity contribution in [1.29, 1.82) is 0 Å². The van der Waals surface area contributed by atoms with Crippen molar-refractivity contribution in [3.05, 3.63) is 158 Å². The third-order valence-corrected chi connectivity index (χ3v) is 18.4. The van der Waals surface area contributed by atoms with E-state index >= 15 is 0 Å². The Bertz CT molecular complexity index is 2630. The fraction of sp³-hybridized carbons (Fsp3) is 0.655. The van der Waals surface area contributed by atoms with Crippen LogP contribution in [-0.2, 0) is 65.4 Å². The van der Waals surface area contributed by atoms with Crippen molar-refractivity contribution in [1.82, 2.24) is 0 Å². The average molecular weight is 1520 g/mol. The van der Waals surface area contributed by atoms with Crippen LogP contribution in [0.5, 0.6) is 0 Å². The number of hydrogen-bond acceptors (Lipinski definition) is 15. The van der Waals surface area contributed by atoms with E-state index < -0.39 is 97.5 Å². The summed E-state index contributed by atoms with van der Waals surface area (Å²) in [5.41, 5.74) is 0. The lowest BCUT2D eigenvalue weighted by Crippen LogP contribution is -2.30. The number of carbonyl (C=O) groups is 4. The molecule has 0 aliphatic heterocycles. The first-order valence-electron chi connectivity index (χ1n) is 40.7. The molecule has 0 aliphatic rings. The van der Waals surface area contributed by atoms with Crippen molar-refractivity contribution in [3.63, 3.8) is 0 Å². The van der Waals surface area contributed by atoms with Gasteiger partial charge in [0.15, 0.2) is 12.2 Å². The molecule has 0 radical (unpaired) electrons. The van der Waals surface area contributed by atoms with Crippen molar-refractivity contribution in [2.24, 2.45) is 0 Å². The van der Waals surface area contributed by atoms with Gasteiger partial charge < -0.3 is 33.8 Å². The molecule has 5 atom stereocenters. The van der Waals surface area contributed by atoms with Gasteiger partial charge in [-0.05, 0) is 141 Å². The number of esters is 4. The quantitative estimate of drug-likeness (QED) is 0.0169. The third kappa shape index (κ3) is 76.9. The summed E-state index contributed by atoms with van der Waals surface area (Å²) in [5, 5.41) is 10.7. The van der Waals surface area contributed by atoms with Crippen molar-refractivity contribution in [3.8, 4) is 0 Å². The van der Waals surface area contributed by atoms with Gasteiger partial charge in [-0.25, -0.2) is 9.13 Å². The molecule has 0 bridgehead atoms. The summed E-state index contributed by atoms with van der Waals surface area (Å²) in [6.07, 6.45) is 90.8. The van der Waals surface area contributed by atoms with Crippen LogP contribution in [0.1, 0.15) is 310 Å². The zero-order chi connectivity index (χ0) is 77.4. The highest BCUT2D eigenvalue weighted by Crippen LogP contribution is 2.45. The van der Waals surface area contributed by atoms with Crippen LogP contribution in [-0.4, -0.2) is 96.7 Å². The summed E-state index contributed by atoms with van der Waals surface area (Å²) < 4.78 is 68.6. The summed E-state index contributed by atoms with van der Waals surface area (Å²) >= 11 is 0. The van der Waals surface area contributed by atoms with E-state index in [1.807, 2.05) is 12.2 Å². The van der Waals surface area contributed by atoms with Crippen LogP contribution in [0, 0.1) is 0 Å². The average Bonchev–Trinajstić information content (AvgIpc) is 0.907. The predicted molar refractivity (Wildman–Crippen MR) is 436 cm³/mol. The molecule has 5 unspecified atom stereocenters. The molecule has 106 heavy (non-hydrogen) atoms. The molecule has 0 aromatic rings. The van der Waals surface area contributed by atoms with Crippen LogP contribution in [0.3, 0.4) is 0 Å². The number of hydrogen-bond donors (Lipinski definition) is 3. The van der Waals surface area contributed by atoms with Gasteiger partial charge in [-0.15, -0.1) is 0 Å². The number of allylic oxidation sites excluding steroid dienone is 26. The summed E-state index contributed by atoms with van der Waals surface area (Å²) in [4.78, 5) is 73.1. The van der Waals surface area contributed by atoms with Crippen molar-refractivity contribution >= 4 is 39.5 Å². The predicted octanol–water partition coefficient (Wildman–Crippen LogP) is 24.0. The first-order chi connectivity index (χ1) is 51.7. The van der Waals surface area contributed by atoms with Crippen molar-refractivity contribution < 1.29 is 80.2 Å². The second-order valence-corrected chi connectivity index (χ2v) is 29.5. The second kappa shape index (κ2) is 77.8. The summed E-state index contributed by atoms with van der Waals surface area (Å²) in [6.45, 7) is 4.42. The monoisotopic (exact) mass is 1520 g/mol. The fourth-order valence-corrected chi connectivity index (χ4v) is 12.0. The minimum Gasteiger partial charge on any atom is -0.462 e. The fourth-order valence-electron chi connectivity index (χ4n) is 10.4. The highest BCUT2D eigenvalue weighted by Gasteiger charge is 2.30. The van der Waals surface area contributed by atoms with Crippen LogP contribution in [0.15, 0.2) is 158 Å². The van der Waals surface area contributed by atoms with E-state index in [1.165, 1.54) is 64.2 Å². The molecule has 0 aromatic carbocycles. The van der Waals surface area contributed by atoms with E-state index in [-0.39, 0.29) is 25.7 Å². The highest BCUT2D eigenvalue weighted by atomic mass is 31.2. The molecule has 604 valence electrons. The molecular formula is C87H144O17P2. The zero-order valence-corrected chi connectivity index (χ0v) is 67.8. The van der Waals surface area contributed by atoms with Gasteiger partial charge in [-0.3, -0.25) is 37.3 Å². The van der Waals surface area contributed by atoms with Gasteiger partial charge >= 0.3 is 39.5 Å². The maximum absolute atomic E-state index is 13.1. The number of carbonyl (C=O) groups excluding carboxylic acids is 4. The molecule has 0 saturated carbocycles. The molecular weight excluding hydrogens is 1380 g/mol. The van der Waals surface area contributed by atoms with Gasteiger partial charge in [-0.2, -0.15) is 0 Å². The minimum absolute atomic E-state index is 0.00750. The summed E-state index contributed by atoms with van der Waals surface area (Å²) in [6, 6.07) is 0. The first kappa shape index (κ1) is 101. The number of phosphoric acid groups is 2. The Morgan fingerprint density at radius 3 is 0.811 bits per heavy atom. The normalized spacial score (nSPS) is 14.7. The van der Waals surface area contributed by atoms with Crippen LogP contribution in [0.25, 0.3) is 0 Å². The van der Waals surface area contributed by atoms with E-state index in [1.54, 1.807) is 0 Å². The molecule has 0 spiro atoms. The van der Waals surface area contributed by atoms with Gasteiger partial charge in [0.1, 0.15) is 19.3 Å². The lowest BCUT2D eigenvalue weighted by Gasteiger charge is -2.21. The Morgan fingerprint density at radius 2 is 0.500 bits per heavy atom. The van der Waals surface area contributed by atoms with Crippen LogP contribution >= 0.6 is 15.6 Å². The SMILES string of the molecule is CC/C=C\C/C=C\C/C=C\C/C=C\C/C=C\CCCC(=O)OC(COC(=O)CCCCCCCC/C=C\C/C=C\C/C=C\C/C=C\CC)COP(=O)(O)OCC(O)COP(=O)(O)OCC(COC(=O)CCCC/C=C\C/C=C\C/C=C\C/C=C\CC)OC(=O)CCCCCCCCCCCCCCCCC. The number of aliphatic hydroxyl groups excluding tert-OH is 1. The molecule has 19 heteroatoms. The molecule has 3 N–H and O–H groups in total. The van der Waals surface area contributed by atoms with Gasteiger partial charge in [0.05, 0.1) is 26.4 Å². The number of phosphoric ester groups is 2. The molecule has 0 aliphatic carbocycles. The summed E-state index contributed by atoms with van der Waals surface area (Å²) in [5.74, 6) is -2.31. The van der Waals surface area contributed by atoms with Crippen LogP contribution < -0.4 is 0 Å². The van der Waals surface area contributed by atoms with Crippen LogP contribution in [0.4, 0.5) is 0 Å². The molecule has 0 heterocycles. The van der Waals surface area contributed by atoms with Gasteiger partial charge in [0.25, 0.3) is 0 Å². The van der Waals surface area contributed by atoms with E-state index in [4.69, 9.17) is 37.0 Å². The number of ether oxygens (including phenoxy) is 4. The molecule has 0 fully saturated rings. The second-order valence-electron chi connectivity index (χ2n) is 26.6. The van der Waals surface area contributed by atoms with E-state index in [0.717, 1.165) is 161 Å². The standard InChI is InChI=1S/C87H144O17P2/c1-5-9-13-17-21-25-29-33-37-39-40-42-45-48-52-56-60-64-68-72-85(90)98-78-83(104-87(92)74-70-66-62-58-54-50-46-41-38-34-30-26-22-18-14-10-6-2)80-102-106(95,96)100-76-81(88)75-99-105(93,94)101-79-82(103-86(91)73-69-65-61-57-53-49-44-36-32-28-24-20-16-12-8-4)77-97-84(89)71-67-63-59-55-51-47-43-35-31-27-23-19-15-11-7-3/h9-11,13-15,21-23,25-27,33-35,37-38,40,42-43,46,50-51,55,58,62,81-83,88H,5-8,12,16-20,24,28-32,36,39,41,44-45,47-49,52-54,56-57,59-61,63-80H2,1-4H3,(H,93,94)(H,95,96)/b13-9-,14-10-,15-11-,25-21-,26-22-,27-23-,37-33-,38-34-,42-40-,43-35-,50-46-,55-51-,62-58-. The first-order valence-corrected chi connectivity index (χ1v) is 43.7. The Balaban J connectivity index is 5.46.